The van der Waals surface area contributed by atoms with Crippen molar-refractivity contribution >= 4 is 17.2 Å². The molecule has 1 amide bonds. The summed E-state index contributed by atoms with van der Waals surface area (Å²) in [4.78, 5) is 16.4. The first-order valence-corrected chi connectivity index (χ1v) is 8.08. The fourth-order valence-corrected chi connectivity index (χ4v) is 2.94. The van der Waals surface area contributed by atoms with Crippen molar-refractivity contribution < 1.29 is 14.3 Å². The van der Waals surface area contributed by atoms with E-state index >= 15 is 0 Å². The molecule has 0 aliphatic rings. The Bertz CT molecular complexity index is 753. The molecule has 0 radical (unpaired) electrons. The van der Waals surface area contributed by atoms with E-state index in [1.807, 2.05) is 30.3 Å². The van der Waals surface area contributed by atoms with Crippen molar-refractivity contribution in [3.05, 3.63) is 76.1 Å². The lowest BCUT2D eigenvalue weighted by atomic mass is 10.2. The number of amides is 1. The topological polar surface area (TPSA) is 75.4 Å². The number of rotatable bonds is 6. The summed E-state index contributed by atoms with van der Waals surface area (Å²) in [5, 5.41) is 15.1. The van der Waals surface area contributed by atoms with Gasteiger partial charge in [-0.1, -0.05) is 30.3 Å². The monoisotopic (exact) mass is 328 g/mol. The quantitative estimate of drug-likeness (QED) is 0.729. The second-order valence-electron chi connectivity index (χ2n) is 5.03. The first-order valence-electron chi connectivity index (χ1n) is 7.20. The Labute approximate surface area is 137 Å². The number of nitrogens with one attached hydrogen (secondary N) is 1. The molecule has 118 valence electrons. The van der Waals surface area contributed by atoms with Crippen molar-refractivity contribution in [1.82, 2.24) is 10.3 Å². The minimum Gasteiger partial charge on any atom is -0.467 e. The van der Waals surface area contributed by atoms with Gasteiger partial charge in [0.2, 0.25) is 0 Å². The van der Waals surface area contributed by atoms with Crippen LogP contribution in [0.5, 0.6) is 0 Å². The smallest absolute Gasteiger partial charge is 0.270 e. The zero-order chi connectivity index (χ0) is 16.1. The normalized spacial score (nSPS) is 12.0. The van der Waals surface area contributed by atoms with E-state index in [1.165, 1.54) is 17.6 Å². The number of hydrogen-bond acceptors (Lipinski definition) is 5. The molecule has 0 fully saturated rings. The minimum absolute atomic E-state index is 0.0812. The van der Waals surface area contributed by atoms with Crippen LogP contribution >= 0.6 is 11.3 Å². The van der Waals surface area contributed by atoms with Gasteiger partial charge in [0.05, 0.1) is 17.8 Å². The molecule has 3 aromatic rings. The van der Waals surface area contributed by atoms with E-state index in [1.54, 1.807) is 17.5 Å². The molecule has 3 rings (SSSR count). The Morgan fingerprint density at radius 2 is 2.09 bits per heavy atom. The van der Waals surface area contributed by atoms with Gasteiger partial charge >= 0.3 is 0 Å². The van der Waals surface area contributed by atoms with Gasteiger partial charge in [-0.2, -0.15) is 0 Å². The molecule has 5 nitrogen and oxygen atoms in total. The number of aliphatic hydroxyl groups is 1. The summed E-state index contributed by atoms with van der Waals surface area (Å²) < 4.78 is 5.09. The molecule has 1 aromatic carbocycles. The van der Waals surface area contributed by atoms with Crippen LogP contribution in [0.1, 0.15) is 32.9 Å². The van der Waals surface area contributed by atoms with E-state index in [4.69, 9.17) is 4.42 Å². The second-order valence-corrected chi connectivity index (χ2v) is 5.97. The minimum atomic E-state index is -0.864. The molecule has 2 aromatic heterocycles. The highest BCUT2D eigenvalue weighted by Crippen LogP contribution is 2.15. The van der Waals surface area contributed by atoms with Crippen LogP contribution < -0.4 is 5.32 Å². The molecule has 1 unspecified atom stereocenters. The van der Waals surface area contributed by atoms with Gasteiger partial charge in [0.25, 0.3) is 5.91 Å². The molecule has 6 heteroatoms. The second kappa shape index (κ2) is 7.21. The summed E-state index contributed by atoms with van der Waals surface area (Å²) in [6, 6.07) is 13.3. The summed E-state index contributed by atoms with van der Waals surface area (Å²) in [5.74, 6) is 0.125. The Hall–Kier alpha value is -2.44. The van der Waals surface area contributed by atoms with Crippen molar-refractivity contribution in [2.45, 2.75) is 12.5 Å². The largest absolute Gasteiger partial charge is 0.467 e. The number of benzene rings is 1. The molecule has 0 spiro atoms. The van der Waals surface area contributed by atoms with E-state index in [9.17, 15) is 9.90 Å². The zero-order valence-electron chi connectivity index (χ0n) is 12.3. The molecular weight excluding hydrogens is 312 g/mol. The van der Waals surface area contributed by atoms with E-state index < -0.39 is 6.10 Å². The third-order valence-electron chi connectivity index (χ3n) is 3.31. The van der Waals surface area contributed by atoms with Crippen molar-refractivity contribution in [3.63, 3.8) is 0 Å². The molecule has 0 aliphatic carbocycles. The predicted octanol–water partition coefficient (Wildman–Crippen LogP) is 2.79. The molecule has 0 saturated carbocycles. The summed E-state index contributed by atoms with van der Waals surface area (Å²) in [6.07, 6.45) is 1.32. The highest BCUT2D eigenvalue weighted by molar-refractivity contribution is 7.09. The molecule has 1 atom stereocenters. The van der Waals surface area contributed by atoms with Crippen molar-refractivity contribution in [2.24, 2.45) is 0 Å². The standard InChI is InChI=1S/C17H16N2O3S/c20-14(15-7-4-8-22-15)10-18-17(21)13-11-23-16(19-13)9-12-5-2-1-3-6-12/h1-8,11,14,20H,9-10H2,(H,18,21). The van der Waals surface area contributed by atoms with Gasteiger partial charge in [0.15, 0.2) is 0 Å². The Morgan fingerprint density at radius 1 is 1.26 bits per heavy atom. The van der Waals surface area contributed by atoms with Gasteiger partial charge in [0, 0.05) is 11.8 Å². The highest BCUT2D eigenvalue weighted by atomic mass is 32.1. The van der Waals surface area contributed by atoms with Crippen LogP contribution in [0.15, 0.2) is 58.5 Å². The Balaban J connectivity index is 1.56. The summed E-state index contributed by atoms with van der Waals surface area (Å²) in [5.41, 5.74) is 1.52. The van der Waals surface area contributed by atoms with Crippen LogP contribution in [0.2, 0.25) is 0 Å². The SMILES string of the molecule is O=C(NCC(O)c1ccco1)c1csc(Cc2ccccc2)n1. The number of furan rings is 1. The number of hydrogen-bond donors (Lipinski definition) is 2. The van der Waals surface area contributed by atoms with Crippen LogP contribution in [0.4, 0.5) is 0 Å². The van der Waals surface area contributed by atoms with Gasteiger partial charge in [0.1, 0.15) is 17.6 Å². The van der Waals surface area contributed by atoms with Gasteiger partial charge in [-0.05, 0) is 17.7 Å². The van der Waals surface area contributed by atoms with Gasteiger partial charge in [-0.15, -0.1) is 11.3 Å². The average Bonchev–Trinajstić information content (AvgIpc) is 3.25. The summed E-state index contributed by atoms with van der Waals surface area (Å²) in [6.45, 7) is 0.0812. The lowest BCUT2D eigenvalue weighted by molar-refractivity contribution is 0.0897. The number of aromatic nitrogens is 1. The molecule has 0 bridgehead atoms. The number of carbonyl (C=O) groups excluding carboxylic acids is 1. The van der Waals surface area contributed by atoms with Gasteiger partial charge in [-0.3, -0.25) is 4.79 Å². The van der Waals surface area contributed by atoms with E-state index in [0.29, 0.717) is 17.9 Å². The van der Waals surface area contributed by atoms with E-state index in [2.05, 4.69) is 10.3 Å². The van der Waals surface area contributed by atoms with Gasteiger partial charge < -0.3 is 14.8 Å². The van der Waals surface area contributed by atoms with Crippen LogP contribution in [0.25, 0.3) is 0 Å². The number of thiazole rings is 1. The van der Waals surface area contributed by atoms with Crippen LogP contribution in [0, 0.1) is 0 Å². The zero-order valence-corrected chi connectivity index (χ0v) is 13.1. The first-order chi connectivity index (χ1) is 11.2. The predicted molar refractivity (Wildman–Crippen MR) is 87.4 cm³/mol. The lowest BCUT2D eigenvalue weighted by Crippen LogP contribution is -2.28. The van der Waals surface area contributed by atoms with Crippen LogP contribution in [-0.2, 0) is 6.42 Å². The number of aliphatic hydroxyl groups excluding tert-OH is 1. The maximum atomic E-state index is 12.1. The lowest BCUT2D eigenvalue weighted by Gasteiger charge is -2.08. The van der Waals surface area contributed by atoms with Crippen molar-refractivity contribution in [2.75, 3.05) is 6.54 Å². The first kappa shape index (κ1) is 15.5. The van der Waals surface area contributed by atoms with Crippen molar-refractivity contribution in [3.8, 4) is 0 Å². The third kappa shape index (κ3) is 4.06. The van der Waals surface area contributed by atoms with Crippen molar-refractivity contribution in [1.29, 1.82) is 0 Å². The Morgan fingerprint density at radius 3 is 2.83 bits per heavy atom. The molecule has 0 aliphatic heterocycles. The molecule has 0 saturated heterocycles. The summed E-state index contributed by atoms with van der Waals surface area (Å²) >= 11 is 1.45. The van der Waals surface area contributed by atoms with Crippen LogP contribution in [0.3, 0.4) is 0 Å². The maximum Gasteiger partial charge on any atom is 0.270 e. The van der Waals surface area contributed by atoms with Gasteiger partial charge in [-0.25, -0.2) is 4.98 Å². The van der Waals surface area contributed by atoms with Crippen LogP contribution in [-0.4, -0.2) is 22.5 Å². The summed E-state index contributed by atoms with van der Waals surface area (Å²) in [7, 11) is 0. The maximum absolute atomic E-state index is 12.1. The van der Waals surface area contributed by atoms with E-state index in [0.717, 1.165) is 10.6 Å². The fourth-order valence-electron chi connectivity index (χ4n) is 2.13. The number of carbonyl (C=O) groups is 1. The fraction of sp³-hybridized carbons (Fsp3) is 0.176. The molecular formula is C17H16N2O3S. The number of nitrogens with zero attached hydrogens (tertiary/aromatic N) is 1. The molecule has 23 heavy (non-hydrogen) atoms. The van der Waals surface area contributed by atoms with E-state index in [-0.39, 0.29) is 12.5 Å². The molecule has 2 N–H and O–H groups in total. The molecule has 2 heterocycles. The average molecular weight is 328 g/mol. The third-order valence-corrected chi connectivity index (χ3v) is 4.16. The highest BCUT2D eigenvalue weighted by Gasteiger charge is 2.15. The Kier molecular flexibility index (Phi) is 4.85.